The molecule has 2 amide bonds. The van der Waals surface area contributed by atoms with E-state index in [0.717, 1.165) is 0 Å². The first-order valence-electron chi connectivity index (χ1n) is 4.90. The largest absolute Gasteiger partial charge is 0.355 e. The Balaban J connectivity index is 2.64. The number of amides is 2. The van der Waals surface area contributed by atoms with Gasteiger partial charge < -0.3 is 10.6 Å². The molecular weight excluding hydrogens is 204 g/mol. The van der Waals surface area contributed by atoms with Crippen molar-refractivity contribution in [3.05, 3.63) is 42.0 Å². The summed E-state index contributed by atoms with van der Waals surface area (Å²) in [6, 6.07) is 9.07. The highest BCUT2D eigenvalue weighted by atomic mass is 16.2. The molecule has 0 radical (unpaired) electrons. The van der Waals surface area contributed by atoms with E-state index in [0.29, 0.717) is 11.3 Å². The first-order valence-corrected chi connectivity index (χ1v) is 4.90. The molecule has 0 spiro atoms. The Morgan fingerprint density at radius 2 is 1.81 bits per heavy atom. The van der Waals surface area contributed by atoms with Crippen LogP contribution in [0.1, 0.15) is 6.92 Å². The highest BCUT2D eigenvalue weighted by molar-refractivity contribution is 6.05. The van der Waals surface area contributed by atoms with Crippen LogP contribution in [0, 0.1) is 0 Å². The summed E-state index contributed by atoms with van der Waals surface area (Å²) in [5, 5.41) is 5.10. The fourth-order valence-corrected chi connectivity index (χ4v) is 1.16. The van der Waals surface area contributed by atoms with Crippen LogP contribution in [0.15, 0.2) is 42.0 Å². The van der Waals surface area contributed by atoms with E-state index in [4.69, 9.17) is 0 Å². The third-order valence-corrected chi connectivity index (χ3v) is 1.97. The van der Waals surface area contributed by atoms with Crippen molar-refractivity contribution in [2.75, 3.05) is 12.4 Å². The number of rotatable bonds is 3. The van der Waals surface area contributed by atoms with Gasteiger partial charge in [-0.25, -0.2) is 0 Å². The van der Waals surface area contributed by atoms with Gasteiger partial charge in [0, 0.05) is 24.4 Å². The van der Waals surface area contributed by atoms with Crippen molar-refractivity contribution in [2.24, 2.45) is 0 Å². The molecule has 0 saturated heterocycles. The van der Waals surface area contributed by atoms with Crippen LogP contribution < -0.4 is 10.6 Å². The van der Waals surface area contributed by atoms with Gasteiger partial charge in [0.05, 0.1) is 0 Å². The molecule has 84 valence electrons. The van der Waals surface area contributed by atoms with Crippen molar-refractivity contribution in [1.29, 1.82) is 0 Å². The zero-order chi connectivity index (χ0) is 12.0. The highest BCUT2D eigenvalue weighted by Crippen LogP contribution is 2.05. The number of benzene rings is 1. The van der Waals surface area contributed by atoms with E-state index < -0.39 is 0 Å². The fourth-order valence-electron chi connectivity index (χ4n) is 1.16. The minimum Gasteiger partial charge on any atom is -0.355 e. The normalized spacial score (nSPS) is 10.8. The Morgan fingerprint density at radius 1 is 1.19 bits per heavy atom. The minimum atomic E-state index is -0.313. The van der Waals surface area contributed by atoms with E-state index in [9.17, 15) is 9.59 Å². The summed E-state index contributed by atoms with van der Waals surface area (Å²) in [6.07, 6.45) is 1.27. The van der Waals surface area contributed by atoms with Crippen LogP contribution in [0.25, 0.3) is 0 Å². The lowest BCUT2D eigenvalue weighted by molar-refractivity contribution is -0.117. The van der Waals surface area contributed by atoms with Crippen molar-refractivity contribution in [2.45, 2.75) is 6.92 Å². The molecule has 1 aromatic rings. The average molecular weight is 218 g/mol. The van der Waals surface area contributed by atoms with Gasteiger partial charge in [0.25, 0.3) is 0 Å². The number of carbonyl (C=O) groups is 2. The molecule has 0 aliphatic rings. The molecule has 0 unspecified atom stereocenters. The van der Waals surface area contributed by atoms with E-state index in [1.807, 2.05) is 18.2 Å². The molecule has 0 aliphatic heterocycles. The predicted octanol–water partition coefficient (Wildman–Crippen LogP) is 1.32. The van der Waals surface area contributed by atoms with Crippen LogP contribution in [-0.4, -0.2) is 18.9 Å². The maximum atomic E-state index is 11.5. The van der Waals surface area contributed by atoms with Crippen molar-refractivity contribution in [3.63, 3.8) is 0 Å². The lowest BCUT2D eigenvalue weighted by atomic mass is 10.2. The molecule has 2 N–H and O–H groups in total. The first-order chi connectivity index (χ1) is 7.63. The molecule has 1 rings (SSSR count). The van der Waals surface area contributed by atoms with Crippen molar-refractivity contribution >= 4 is 17.5 Å². The lowest BCUT2D eigenvalue weighted by Gasteiger charge is -2.02. The van der Waals surface area contributed by atoms with Gasteiger partial charge in [-0.2, -0.15) is 0 Å². The number of carbonyl (C=O) groups excluding carboxylic acids is 2. The van der Waals surface area contributed by atoms with Crippen LogP contribution in [-0.2, 0) is 9.59 Å². The summed E-state index contributed by atoms with van der Waals surface area (Å²) >= 11 is 0. The number of likely N-dealkylation sites (N-methyl/N-ethyl adjacent to an activating group) is 1. The molecular formula is C12H14N2O2. The van der Waals surface area contributed by atoms with Gasteiger partial charge in [-0.15, -0.1) is 0 Å². The van der Waals surface area contributed by atoms with Gasteiger partial charge in [0.15, 0.2) is 0 Å². The van der Waals surface area contributed by atoms with Gasteiger partial charge in [0.1, 0.15) is 0 Å². The number of nitrogens with one attached hydrogen (secondary N) is 2. The van der Waals surface area contributed by atoms with Gasteiger partial charge in [-0.3, -0.25) is 9.59 Å². The van der Waals surface area contributed by atoms with Crippen molar-refractivity contribution < 1.29 is 9.59 Å². The van der Waals surface area contributed by atoms with Crippen molar-refractivity contribution in [1.82, 2.24) is 5.32 Å². The fraction of sp³-hybridized carbons (Fsp3) is 0.167. The lowest BCUT2D eigenvalue weighted by Crippen LogP contribution is -2.20. The van der Waals surface area contributed by atoms with Crippen molar-refractivity contribution in [3.8, 4) is 0 Å². The summed E-state index contributed by atoms with van der Waals surface area (Å²) < 4.78 is 0. The molecule has 0 saturated carbocycles. The maximum Gasteiger partial charge on any atom is 0.248 e. The molecule has 0 aliphatic carbocycles. The van der Waals surface area contributed by atoms with E-state index in [1.165, 1.54) is 13.1 Å². The van der Waals surface area contributed by atoms with Gasteiger partial charge in [-0.1, -0.05) is 18.2 Å². The second-order valence-electron chi connectivity index (χ2n) is 3.26. The van der Waals surface area contributed by atoms with E-state index in [2.05, 4.69) is 10.6 Å². The molecule has 0 bridgehead atoms. The molecule has 16 heavy (non-hydrogen) atoms. The SMILES string of the molecule is CNC(=O)C(C)=CC(=O)Nc1ccccc1. The van der Waals surface area contributed by atoms with Crippen LogP contribution in [0.5, 0.6) is 0 Å². The van der Waals surface area contributed by atoms with Crippen LogP contribution >= 0.6 is 0 Å². The molecule has 4 nitrogen and oxygen atoms in total. The Labute approximate surface area is 94.4 Å². The highest BCUT2D eigenvalue weighted by Gasteiger charge is 2.04. The molecule has 4 heteroatoms. The second kappa shape index (κ2) is 5.70. The zero-order valence-electron chi connectivity index (χ0n) is 9.28. The van der Waals surface area contributed by atoms with Crippen LogP contribution in [0.4, 0.5) is 5.69 Å². The minimum absolute atomic E-state index is 0.261. The summed E-state index contributed by atoms with van der Waals surface area (Å²) in [6.45, 7) is 1.59. The average Bonchev–Trinajstić information content (AvgIpc) is 2.29. The van der Waals surface area contributed by atoms with Gasteiger partial charge in [-0.05, 0) is 19.1 Å². The Morgan fingerprint density at radius 3 is 2.38 bits per heavy atom. The van der Waals surface area contributed by atoms with Gasteiger partial charge in [0.2, 0.25) is 11.8 Å². The Hall–Kier alpha value is -2.10. The molecule has 0 aromatic heterocycles. The predicted molar refractivity (Wildman–Crippen MR) is 62.9 cm³/mol. The third-order valence-electron chi connectivity index (χ3n) is 1.97. The number of hydrogen-bond donors (Lipinski definition) is 2. The first kappa shape index (κ1) is 12.0. The molecule has 0 heterocycles. The van der Waals surface area contributed by atoms with E-state index in [1.54, 1.807) is 19.1 Å². The standard InChI is InChI=1S/C12H14N2O2/c1-9(12(16)13-2)8-11(15)14-10-6-4-3-5-7-10/h3-8H,1-2H3,(H,13,16)(H,14,15). The number of hydrogen-bond acceptors (Lipinski definition) is 2. The number of anilines is 1. The summed E-state index contributed by atoms with van der Waals surface area (Å²) in [5.74, 6) is -0.574. The van der Waals surface area contributed by atoms with Crippen LogP contribution in [0.2, 0.25) is 0 Å². The number of para-hydroxylation sites is 1. The third kappa shape index (κ3) is 3.57. The summed E-state index contributed by atoms with van der Waals surface area (Å²) in [7, 11) is 1.52. The monoisotopic (exact) mass is 218 g/mol. The summed E-state index contributed by atoms with van der Waals surface area (Å²) in [4.78, 5) is 22.6. The van der Waals surface area contributed by atoms with E-state index in [-0.39, 0.29) is 11.8 Å². The second-order valence-corrected chi connectivity index (χ2v) is 3.26. The zero-order valence-corrected chi connectivity index (χ0v) is 9.28. The molecule has 1 aromatic carbocycles. The summed E-state index contributed by atoms with van der Waals surface area (Å²) in [5.41, 5.74) is 1.07. The topological polar surface area (TPSA) is 58.2 Å². The quantitative estimate of drug-likeness (QED) is 0.752. The smallest absolute Gasteiger partial charge is 0.248 e. The molecule has 0 fully saturated rings. The Kier molecular flexibility index (Phi) is 4.27. The van der Waals surface area contributed by atoms with Crippen LogP contribution in [0.3, 0.4) is 0 Å². The Bertz CT molecular complexity index is 410. The van der Waals surface area contributed by atoms with E-state index >= 15 is 0 Å². The maximum absolute atomic E-state index is 11.5. The molecule has 0 atom stereocenters. The van der Waals surface area contributed by atoms with Gasteiger partial charge >= 0.3 is 0 Å².